The third-order valence-electron chi connectivity index (χ3n) is 6.57. The predicted molar refractivity (Wildman–Crippen MR) is 127 cm³/mol. The summed E-state index contributed by atoms with van der Waals surface area (Å²) in [5.74, 6) is -1.00. The van der Waals surface area contributed by atoms with Gasteiger partial charge in [0.1, 0.15) is 6.04 Å². The van der Waals surface area contributed by atoms with Crippen molar-refractivity contribution < 1.29 is 38.1 Å². The summed E-state index contributed by atoms with van der Waals surface area (Å²) >= 11 is 0. The molecule has 9 nitrogen and oxygen atoms in total. The number of nitrogens with two attached hydrogens (primary N) is 1. The van der Waals surface area contributed by atoms with E-state index in [-0.39, 0.29) is 48.4 Å². The molecule has 2 saturated heterocycles. The second-order valence-electron chi connectivity index (χ2n) is 8.79. The highest BCUT2D eigenvalue weighted by molar-refractivity contribution is 5.80. The average Bonchev–Trinajstić information content (AvgIpc) is 2.87. The van der Waals surface area contributed by atoms with Gasteiger partial charge < -0.3 is 29.4 Å². The van der Waals surface area contributed by atoms with Crippen LogP contribution in [0.3, 0.4) is 0 Å². The van der Waals surface area contributed by atoms with E-state index in [2.05, 4.69) is 18.6 Å². The average molecular weight is 488 g/mol. The number of carbonyl (C=O) groups is 3. The van der Waals surface area contributed by atoms with Gasteiger partial charge in [0, 0.05) is 13.2 Å². The first-order chi connectivity index (χ1) is 16.3. The van der Waals surface area contributed by atoms with Gasteiger partial charge in [-0.3, -0.25) is 14.4 Å². The number of methoxy groups -OCH3 is 1. The van der Waals surface area contributed by atoms with Crippen molar-refractivity contribution in [1.82, 2.24) is 0 Å². The molecule has 34 heavy (non-hydrogen) atoms. The molecule has 2 rings (SSSR count). The van der Waals surface area contributed by atoms with Gasteiger partial charge in [-0.15, -0.1) is 0 Å². The molecule has 198 valence electrons. The van der Waals surface area contributed by atoms with E-state index < -0.39 is 12.0 Å². The number of hydrogen-bond acceptors (Lipinski definition) is 9. The highest BCUT2D eigenvalue weighted by Gasteiger charge is 2.35. The topological polar surface area (TPSA) is 123 Å². The van der Waals surface area contributed by atoms with Gasteiger partial charge in [0.25, 0.3) is 0 Å². The summed E-state index contributed by atoms with van der Waals surface area (Å²) in [4.78, 5) is 34.9. The lowest BCUT2D eigenvalue weighted by molar-refractivity contribution is -0.158. The zero-order valence-electron chi connectivity index (χ0n) is 21.6. The first kappa shape index (κ1) is 30.3. The predicted octanol–water partition coefficient (Wildman–Crippen LogP) is 3.02. The van der Waals surface area contributed by atoms with Crippen LogP contribution in [0.1, 0.15) is 72.6 Å². The Morgan fingerprint density at radius 3 is 1.85 bits per heavy atom. The molecule has 0 aromatic rings. The fourth-order valence-corrected chi connectivity index (χ4v) is 4.47. The fraction of sp³-hybridized carbons (Fsp3) is 0.880. The van der Waals surface area contributed by atoms with Gasteiger partial charge in [-0.25, -0.2) is 0 Å². The van der Waals surface area contributed by atoms with Crippen molar-refractivity contribution in [2.45, 2.75) is 90.9 Å². The molecule has 0 amide bonds. The summed E-state index contributed by atoms with van der Waals surface area (Å²) in [6.07, 6.45) is 5.74. The van der Waals surface area contributed by atoms with Crippen LogP contribution in [0.15, 0.2) is 0 Å². The molecule has 2 heterocycles. The molecule has 0 saturated carbocycles. The molecule has 9 heteroatoms. The highest BCUT2D eigenvalue weighted by atomic mass is 16.5. The number of rotatable bonds is 10. The van der Waals surface area contributed by atoms with Gasteiger partial charge in [-0.05, 0) is 64.2 Å². The monoisotopic (exact) mass is 487 g/mol. The second kappa shape index (κ2) is 16.8. The lowest BCUT2D eigenvalue weighted by atomic mass is 9.81. The van der Waals surface area contributed by atoms with Gasteiger partial charge in [0.05, 0.1) is 44.9 Å². The molecule has 0 aromatic carbocycles. The zero-order chi connectivity index (χ0) is 25.5. The third-order valence-corrected chi connectivity index (χ3v) is 6.57. The third kappa shape index (κ3) is 10.3. The van der Waals surface area contributed by atoms with E-state index in [1.54, 1.807) is 13.8 Å². The van der Waals surface area contributed by atoms with E-state index in [1.807, 2.05) is 0 Å². The van der Waals surface area contributed by atoms with Crippen LogP contribution in [0.5, 0.6) is 0 Å². The molecular weight excluding hydrogens is 442 g/mol. The summed E-state index contributed by atoms with van der Waals surface area (Å²) in [6.45, 7) is 9.78. The first-order valence-electron chi connectivity index (χ1n) is 12.7. The minimum Gasteiger partial charge on any atom is -0.469 e. The van der Waals surface area contributed by atoms with Crippen LogP contribution >= 0.6 is 0 Å². The quantitative estimate of drug-likeness (QED) is 0.366. The van der Waals surface area contributed by atoms with E-state index in [4.69, 9.17) is 24.7 Å². The van der Waals surface area contributed by atoms with Crippen molar-refractivity contribution in [2.24, 2.45) is 23.5 Å². The molecular formula is C25H45NO8. The van der Waals surface area contributed by atoms with Crippen molar-refractivity contribution in [2.75, 3.05) is 33.5 Å². The zero-order valence-corrected chi connectivity index (χ0v) is 21.6. The Hall–Kier alpha value is -1.71. The first-order valence-corrected chi connectivity index (χ1v) is 12.7. The van der Waals surface area contributed by atoms with Crippen molar-refractivity contribution in [3.05, 3.63) is 0 Å². The molecule has 0 radical (unpaired) electrons. The molecule has 2 N–H and O–H groups in total. The van der Waals surface area contributed by atoms with E-state index >= 15 is 0 Å². The summed E-state index contributed by atoms with van der Waals surface area (Å²) in [6, 6.07) is -0.483. The standard InChI is InChI=1S/C14H24O5.C11H21NO3/c1-4-11-8-10(6-7-19-11)12(9-13(15)17-3)14(16)18-5-2;1-3-9-7-8(5-6-15-9)10(12)11(13)14-4-2/h10-12H,4-9H2,1-3H3;8-10H,3-7,12H2,1-2H3/t10-,11+,12+;8-,9+,10+/m00/s1. The Morgan fingerprint density at radius 2 is 1.35 bits per heavy atom. The van der Waals surface area contributed by atoms with Crippen LogP contribution in [0.4, 0.5) is 0 Å². The normalized spacial score (nSPS) is 26.3. The molecule has 0 bridgehead atoms. The maximum absolute atomic E-state index is 12.0. The van der Waals surface area contributed by atoms with E-state index in [0.29, 0.717) is 26.4 Å². The van der Waals surface area contributed by atoms with Crippen molar-refractivity contribution in [3.63, 3.8) is 0 Å². The Morgan fingerprint density at radius 1 is 0.853 bits per heavy atom. The van der Waals surface area contributed by atoms with Gasteiger partial charge in [-0.2, -0.15) is 0 Å². The summed E-state index contributed by atoms with van der Waals surface area (Å²) in [7, 11) is 1.34. The minimum atomic E-state index is -0.483. The van der Waals surface area contributed by atoms with Crippen LogP contribution in [-0.2, 0) is 38.1 Å². The molecule has 0 aromatic heterocycles. The molecule has 2 aliphatic heterocycles. The van der Waals surface area contributed by atoms with Gasteiger partial charge in [0.15, 0.2) is 0 Å². The summed E-state index contributed by atoms with van der Waals surface area (Å²) < 4.78 is 25.8. The van der Waals surface area contributed by atoms with Crippen LogP contribution in [-0.4, -0.2) is 69.7 Å². The largest absolute Gasteiger partial charge is 0.469 e. The molecule has 2 aliphatic rings. The maximum Gasteiger partial charge on any atom is 0.323 e. The number of esters is 3. The highest BCUT2D eigenvalue weighted by Crippen LogP contribution is 2.31. The van der Waals surface area contributed by atoms with E-state index in [9.17, 15) is 14.4 Å². The molecule has 0 spiro atoms. The Kier molecular flexibility index (Phi) is 15.0. The van der Waals surface area contributed by atoms with Crippen LogP contribution in [0, 0.1) is 17.8 Å². The van der Waals surface area contributed by atoms with E-state index in [1.165, 1.54) is 7.11 Å². The lowest BCUT2D eigenvalue weighted by Crippen LogP contribution is -2.43. The van der Waals surface area contributed by atoms with Crippen molar-refractivity contribution >= 4 is 17.9 Å². The molecule has 0 aliphatic carbocycles. The van der Waals surface area contributed by atoms with Gasteiger partial charge >= 0.3 is 17.9 Å². The Bertz CT molecular complexity index is 614. The lowest BCUT2D eigenvalue weighted by Gasteiger charge is -2.32. The van der Waals surface area contributed by atoms with Crippen LogP contribution in [0.2, 0.25) is 0 Å². The molecule has 0 unspecified atom stereocenters. The SMILES string of the molecule is CCOC(=O)[C@H](CC(=O)OC)[C@H]1CCO[C@H](CC)C1.CCOC(=O)[C@H](N)[C@H]1CCO[C@H](CC)C1. The Labute approximate surface area is 204 Å². The van der Waals surface area contributed by atoms with Gasteiger partial charge in [-0.1, -0.05) is 13.8 Å². The van der Waals surface area contributed by atoms with Crippen molar-refractivity contribution in [3.8, 4) is 0 Å². The van der Waals surface area contributed by atoms with Crippen LogP contribution in [0.25, 0.3) is 0 Å². The number of carbonyl (C=O) groups excluding carboxylic acids is 3. The van der Waals surface area contributed by atoms with E-state index in [0.717, 1.165) is 38.5 Å². The van der Waals surface area contributed by atoms with Gasteiger partial charge in [0.2, 0.25) is 0 Å². The molecule has 2 fully saturated rings. The summed E-state index contributed by atoms with van der Waals surface area (Å²) in [5.41, 5.74) is 5.86. The fourth-order valence-electron chi connectivity index (χ4n) is 4.47. The van der Waals surface area contributed by atoms with Crippen molar-refractivity contribution in [1.29, 1.82) is 0 Å². The Balaban J connectivity index is 0.000000350. The molecule has 6 atom stereocenters. The summed E-state index contributed by atoms with van der Waals surface area (Å²) in [5, 5.41) is 0. The maximum atomic E-state index is 12.0. The smallest absolute Gasteiger partial charge is 0.323 e. The van der Waals surface area contributed by atoms with Crippen LogP contribution < -0.4 is 5.73 Å². The number of hydrogen-bond donors (Lipinski definition) is 1. The minimum absolute atomic E-state index is 0.0937. The number of ether oxygens (including phenoxy) is 5. The second-order valence-corrected chi connectivity index (χ2v) is 8.79.